The number of aliphatic hydroxyl groups is 1. The van der Waals surface area contributed by atoms with Crippen LogP contribution in [0.3, 0.4) is 0 Å². The van der Waals surface area contributed by atoms with Gasteiger partial charge < -0.3 is 20.1 Å². The van der Waals surface area contributed by atoms with Crippen molar-refractivity contribution in [2.24, 2.45) is 5.73 Å². The zero-order valence-corrected chi connectivity index (χ0v) is 20.1. The van der Waals surface area contributed by atoms with E-state index >= 15 is 0 Å². The molecule has 4 aromatic rings. The van der Waals surface area contributed by atoms with Gasteiger partial charge in [-0.2, -0.15) is 0 Å². The van der Waals surface area contributed by atoms with E-state index in [2.05, 4.69) is 16.7 Å². The summed E-state index contributed by atoms with van der Waals surface area (Å²) in [7, 11) is 0. The first-order chi connectivity index (χ1) is 16.9. The molecular weight excluding hydrogens is 464 g/mol. The Balaban J connectivity index is 1.43. The normalized spacial score (nSPS) is 13.4. The molecule has 0 radical (unpaired) electrons. The first-order valence-electron chi connectivity index (χ1n) is 11.9. The van der Waals surface area contributed by atoms with Crippen LogP contribution >= 0.6 is 11.6 Å². The van der Waals surface area contributed by atoms with Crippen LogP contribution in [0.15, 0.2) is 54.7 Å². The lowest BCUT2D eigenvalue weighted by Gasteiger charge is -2.11. The van der Waals surface area contributed by atoms with E-state index in [9.17, 15) is 14.7 Å². The van der Waals surface area contributed by atoms with E-state index in [1.165, 1.54) is 18.4 Å². The minimum Gasteiger partial charge on any atom is -0.485 e. The summed E-state index contributed by atoms with van der Waals surface area (Å²) >= 11 is 6.07. The number of unbranched alkanes of at least 4 members (excludes halogenated alkanes) is 1. The maximum absolute atomic E-state index is 13.3. The fourth-order valence-electron chi connectivity index (χ4n) is 4.56. The Morgan fingerprint density at radius 3 is 2.60 bits per heavy atom. The molecule has 0 saturated heterocycles. The predicted octanol–water partition coefficient (Wildman–Crippen LogP) is 5.46. The van der Waals surface area contributed by atoms with Crippen molar-refractivity contribution >= 4 is 45.0 Å². The third-order valence-corrected chi connectivity index (χ3v) is 6.82. The van der Waals surface area contributed by atoms with Crippen molar-refractivity contribution in [3.63, 3.8) is 0 Å². The number of benzene rings is 3. The summed E-state index contributed by atoms with van der Waals surface area (Å²) in [4.78, 5) is 25.3. The number of hydrogen-bond donors (Lipinski definition) is 2. The van der Waals surface area contributed by atoms with Gasteiger partial charge in [-0.25, -0.2) is 0 Å². The summed E-state index contributed by atoms with van der Waals surface area (Å²) in [5, 5.41) is 12.2. The molecule has 35 heavy (non-hydrogen) atoms. The van der Waals surface area contributed by atoms with Crippen LogP contribution in [0.2, 0.25) is 5.02 Å². The van der Waals surface area contributed by atoms with E-state index in [0.29, 0.717) is 22.9 Å². The average Bonchev–Trinajstić information content (AvgIpc) is 3.64. The second kappa shape index (κ2) is 9.72. The van der Waals surface area contributed by atoms with Gasteiger partial charge >= 0.3 is 0 Å². The number of nitrogens with two attached hydrogens (primary N) is 1. The largest absolute Gasteiger partial charge is 0.485 e. The number of nitrogens with zero attached hydrogens (tertiary/aromatic N) is 1. The molecule has 1 aliphatic rings. The van der Waals surface area contributed by atoms with Gasteiger partial charge in [-0.05, 0) is 78.3 Å². The second-order valence-corrected chi connectivity index (χ2v) is 9.57. The number of amides is 1. The molecule has 180 valence electrons. The number of halogens is 1. The lowest BCUT2D eigenvalue weighted by atomic mass is 10.0. The van der Waals surface area contributed by atoms with Gasteiger partial charge in [0, 0.05) is 40.8 Å². The molecule has 6 nitrogen and oxygen atoms in total. The summed E-state index contributed by atoms with van der Waals surface area (Å²) in [6.07, 6.45) is 5.81. The van der Waals surface area contributed by atoms with Gasteiger partial charge in [-0.3, -0.25) is 9.59 Å². The number of ketones is 1. The van der Waals surface area contributed by atoms with Crippen molar-refractivity contribution in [2.45, 2.75) is 38.1 Å². The molecule has 3 N–H and O–H groups in total. The summed E-state index contributed by atoms with van der Waals surface area (Å²) < 4.78 is 7.95. The second-order valence-electron chi connectivity index (χ2n) is 9.13. The van der Waals surface area contributed by atoms with Crippen LogP contribution in [0, 0.1) is 0 Å². The number of carbonyl (C=O) groups is 2. The summed E-state index contributed by atoms with van der Waals surface area (Å²) in [6, 6.07) is 15.0. The molecule has 1 saturated carbocycles. The van der Waals surface area contributed by atoms with Crippen molar-refractivity contribution in [1.29, 1.82) is 0 Å². The number of aryl methyl sites for hydroxylation is 1. The molecule has 1 fully saturated rings. The van der Waals surface area contributed by atoms with E-state index in [4.69, 9.17) is 22.1 Å². The summed E-state index contributed by atoms with van der Waals surface area (Å²) in [5.74, 6) is 0.0603. The summed E-state index contributed by atoms with van der Waals surface area (Å²) in [5.41, 5.74) is 8.69. The number of carbonyl (C=O) groups excluding carboxylic acids is 2. The molecule has 0 spiro atoms. The van der Waals surface area contributed by atoms with Crippen LogP contribution in [0.1, 0.15) is 57.9 Å². The summed E-state index contributed by atoms with van der Waals surface area (Å²) in [6.45, 7) is 0.643. The van der Waals surface area contributed by atoms with E-state index in [-0.39, 0.29) is 30.3 Å². The van der Waals surface area contributed by atoms with E-state index < -0.39 is 5.91 Å². The maximum Gasteiger partial charge on any atom is 0.252 e. The highest BCUT2D eigenvalue weighted by Gasteiger charge is 2.25. The minimum absolute atomic E-state index is 0.145. The van der Waals surface area contributed by atoms with E-state index in [1.807, 2.05) is 18.3 Å². The number of fused-ring (bicyclic) bond motifs is 2. The predicted molar refractivity (Wildman–Crippen MR) is 138 cm³/mol. The van der Waals surface area contributed by atoms with Crippen LogP contribution in [-0.2, 0) is 6.54 Å². The highest BCUT2D eigenvalue weighted by molar-refractivity contribution is 6.31. The van der Waals surface area contributed by atoms with Crippen molar-refractivity contribution in [3.8, 4) is 5.75 Å². The van der Waals surface area contributed by atoms with Gasteiger partial charge in [0.05, 0.1) is 5.56 Å². The third kappa shape index (κ3) is 4.90. The van der Waals surface area contributed by atoms with Gasteiger partial charge in [0.1, 0.15) is 5.75 Å². The van der Waals surface area contributed by atoms with Gasteiger partial charge in [-0.15, -0.1) is 0 Å². The monoisotopic (exact) mass is 490 g/mol. The zero-order chi connectivity index (χ0) is 24.5. The highest BCUT2D eigenvalue weighted by Crippen LogP contribution is 2.41. The highest BCUT2D eigenvalue weighted by atomic mass is 35.5. The topological polar surface area (TPSA) is 94.6 Å². The first kappa shape index (κ1) is 23.4. The van der Waals surface area contributed by atoms with Crippen molar-refractivity contribution in [3.05, 3.63) is 76.4 Å². The van der Waals surface area contributed by atoms with Crippen LogP contribution in [0.25, 0.3) is 21.7 Å². The van der Waals surface area contributed by atoms with Crippen LogP contribution in [0.5, 0.6) is 5.75 Å². The molecule has 0 atom stereocenters. The van der Waals surface area contributed by atoms with Crippen molar-refractivity contribution in [2.75, 3.05) is 13.2 Å². The fourth-order valence-corrected chi connectivity index (χ4v) is 4.74. The lowest BCUT2D eigenvalue weighted by molar-refractivity contribution is 0.0913. The Hall–Kier alpha value is -3.35. The van der Waals surface area contributed by atoms with Crippen LogP contribution in [0.4, 0.5) is 0 Å². The number of rotatable bonds is 10. The molecule has 1 aromatic heterocycles. The Morgan fingerprint density at radius 1 is 1.03 bits per heavy atom. The number of ether oxygens (including phenoxy) is 1. The molecule has 3 aromatic carbocycles. The SMILES string of the molecule is NC(=O)c1cc2cc(Cl)ccc2cc1OCC(=O)c1cn(CCCCO)c2cc(C3CC3)ccc12. The first-order valence-corrected chi connectivity index (χ1v) is 12.2. The standard InChI is InChI=1S/C28H27ClN2O4/c29-21-7-5-19-14-27(23(28(30)34)12-20(19)11-21)35-16-26(33)24-15-31(9-1-2-10-32)25-13-18(17-3-4-17)6-8-22(24)25/h5-8,11-15,17,32H,1-4,9-10,16H2,(H2,30,34). The molecule has 7 heteroatoms. The maximum atomic E-state index is 13.3. The van der Waals surface area contributed by atoms with Crippen LogP contribution in [-0.4, -0.2) is 34.6 Å². The van der Waals surface area contributed by atoms with Crippen molar-refractivity contribution < 1.29 is 19.4 Å². The van der Waals surface area contributed by atoms with Gasteiger partial charge in [0.2, 0.25) is 5.78 Å². The molecule has 1 heterocycles. The smallest absolute Gasteiger partial charge is 0.252 e. The number of aromatic nitrogens is 1. The van der Waals surface area contributed by atoms with E-state index in [0.717, 1.165) is 34.6 Å². The average molecular weight is 491 g/mol. The Kier molecular flexibility index (Phi) is 6.50. The Morgan fingerprint density at radius 2 is 1.86 bits per heavy atom. The van der Waals surface area contributed by atoms with E-state index in [1.54, 1.807) is 24.3 Å². The molecule has 1 aliphatic carbocycles. The lowest BCUT2D eigenvalue weighted by Crippen LogP contribution is -2.16. The third-order valence-electron chi connectivity index (χ3n) is 6.59. The molecule has 5 rings (SSSR count). The number of aliphatic hydroxyl groups excluding tert-OH is 1. The number of hydrogen-bond acceptors (Lipinski definition) is 4. The Bertz CT molecular complexity index is 1440. The van der Waals surface area contributed by atoms with Gasteiger partial charge in [0.15, 0.2) is 6.61 Å². The molecule has 0 aliphatic heterocycles. The Labute approximate surface area is 208 Å². The number of Topliss-reactive ketones (excluding diaryl/α,β-unsaturated/α-hetero) is 1. The molecule has 0 bridgehead atoms. The fraction of sp³-hybridized carbons (Fsp3) is 0.286. The number of primary amides is 1. The zero-order valence-electron chi connectivity index (χ0n) is 19.3. The minimum atomic E-state index is -0.637. The van der Waals surface area contributed by atoms with Crippen molar-refractivity contribution in [1.82, 2.24) is 4.57 Å². The molecule has 1 amide bonds. The molecule has 0 unspecified atom stereocenters. The van der Waals surface area contributed by atoms with Crippen LogP contribution < -0.4 is 10.5 Å². The van der Waals surface area contributed by atoms with Gasteiger partial charge in [0.25, 0.3) is 5.91 Å². The quantitative estimate of drug-likeness (QED) is 0.228. The molecular formula is C28H27ClN2O4. The van der Waals surface area contributed by atoms with Gasteiger partial charge in [-0.1, -0.05) is 29.8 Å².